The minimum absolute atomic E-state index is 0.116. The van der Waals surface area contributed by atoms with Crippen LogP contribution in [0.3, 0.4) is 0 Å². The maximum atomic E-state index is 12.3. The summed E-state index contributed by atoms with van der Waals surface area (Å²) in [6.45, 7) is 4.99. The summed E-state index contributed by atoms with van der Waals surface area (Å²) in [6.07, 6.45) is 1.87. The maximum Gasteiger partial charge on any atom is 0.175 e. The molecule has 0 N–H and O–H groups in total. The van der Waals surface area contributed by atoms with Crippen LogP contribution in [0.15, 0.2) is 24.3 Å². The molecule has 1 aliphatic rings. The number of carbonyl (C=O) groups excluding carboxylic acids is 1. The molecule has 0 atom stereocenters. The van der Waals surface area contributed by atoms with Gasteiger partial charge in [0.2, 0.25) is 0 Å². The summed E-state index contributed by atoms with van der Waals surface area (Å²) in [5.74, 6) is -0.621. The van der Waals surface area contributed by atoms with E-state index in [1.54, 1.807) is 0 Å². The van der Waals surface area contributed by atoms with Gasteiger partial charge in [0.25, 0.3) is 0 Å². The fourth-order valence-electron chi connectivity index (χ4n) is 2.58. The average molecular weight is 248 g/mol. The highest BCUT2D eigenvalue weighted by atomic mass is 16.7. The van der Waals surface area contributed by atoms with Crippen LogP contribution in [-0.4, -0.2) is 24.8 Å². The van der Waals surface area contributed by atoms with Gasteiger partial charge in [0.05, 0.1) is 6.42 Å². The molecule has 98 valence electrons. The van der Waals surface area contributed by atoms with Crippen molar-refractivity contribution in [3.8, 4) is 0 Å². The van der Waals surface area contributed by atoms with Crippen LogP contribution in [0, 0.1) is 0 Å². The van der Waals surface area contributed by atoms with Gasteiger partial charge in [-0.2, -0.15) is 0 Å². The molecule has 1 aromatic rings. The number of rotatable bonds is 4. The normalized spacial score (nSPS) is 18.2. The summed E-state index contributed by atoms with van der Waals surface area (Å²) in [4.78, 5) is 12.3. The van der Waals surface area contributed by atoms with E-state index in [1.165, 1.54) is 0 Å². The number of aryl methyl sites for hydroxylation is 1. The first kappa shape index (κ1) is 13.2. The van der Waals surface area contributed by atoms with E-state index in [4.69, 9.17) is 9.47 Å². The van der Waals surface area contributed by atoms with E-state index in [-0.39, 0.29) is 5.78 Å². The van der Waals surface area contributed by atoms with Gasteiger partial charge in [-0.1, -0.05) is 24.3 Å². The molecule has 0 radical (unpaired) electrons. The minimum atomic E-state index is -0.737. The fourth-order valence-corrected chi connectivity index (χ4v) is 2.58. The highest BCUT2D eigenvalue weighted by Gasteiger charge is 2.37. The zero-order valence-corrected chi connectivity index (χ0v) is 11.1. The van der Waals surface area contributed by atoms with Crippen LogP contribution in [0.4, 0.5) is 0 Å². The van der Waals surface area contributed by atoms with Crippen LogP contribution in [-0.2, 0) is 15.9 Å². The molecule has 0 unspecified atom stereocenters. The Bertz CT molecular complexity index is 420. The molecule has 0 fully saturated rings. The van der Waals surface area contributed by atoms with Crippen molar-refractivity contribution in [1.82, 2.24) is 0 Å². The fraction of sp³-hybridized carbons (Fsp3) is 0.533. The number of benzene rings is 1. The Morgan fingerprint density at radius 3 is 2.50 bits per heavy atom. The Morgan fingerprint density at radius 2 is 1.83 bits per heavy atom. The number of Topliss-reactive ketones (excluding diaryl/α,β-unsaturated/α-hetero) is 1. The topological polar surface area (TPSA) is 35.5 Å². The maximum absolute atomic E-state index is 12.3. The summed E-state index contributed by atoms with van der Waals surface area (Å²) < 4.78 is 11.5. The Kier molecular flexibility index (Phi) is 4.15. The number of ketones is 1. The van der Waals surface area contributed by atoms with E-state index >= 15 is 0 Å². The summed E-state index contributed by atoms with van der Waals surface area (Å²) in [6, 6.07) is 7.79. The first-order chi connectivity index (χ1) is 8.71. The van der Waals surface area contributed by atoms with Crippen molar-refractivity contribution in [3.05, 3.63) is 35.4 Å². The molecule has 3 nitrogen and oxygen atoms in total. The first-order valence-electron chi connectivity index (χ1n) is 6.60. The molecule has 1 aliphatic carbocycles. The zero-order chi connectivity index (χ0) is 13.0. The van der Waals surface area contributed by atoms with Crippen molar-refractivity contribution in [3.63, 3.8) is 0 Å². The van der Waals surface area contributed by atoms with Gasteiger partial charge in [0.15, 0.2) is 11.6 Å². The van der Waals surface area contributed by atoms with Crippen molar-refractivity contribution in [1.29, 1.82) is 0 Å². The summed E-state index contributed by atoms with van der Waals surface area (Å²) in [7, 11) is 0. The van der Waals surface area contributed by atoms with Gasteiger partial charge in [-0.05, 0) is 25.8 Å². The van der Waals surface area contributed by atoms with E-state index in [0.29, 0.717) is 19.6 Å². The van der Waals surface area contributed by atoms with E-state index in [9.17, 15) is 4.79 Å². The molecule has 1 aromatic carbocycles. The lowest BCUT2D eigenvalue weighted by atomic mass is 10.0. The predicted molar refractivity (Wildman–Crippen MR) is 69.7 cm³/mol. The SMILES string of the molecule is CCOC1(OCC)CCc2ccccc2C(=O)C1. The van der Waals surface area contributed by atoms with Crippen LogP contribution in [0.2, 0.25) is 0 Å². The van der Waals surface area contributed by atoms with Crippen molar-refractivity contribution < 1.29 is 14.3 Å². The van der Waals surface area contributed by atoms with Crippen LogP contribution >= 0.6 is 0 Å². The summed E-state index contributed by atoms with van der Waals surface area (Å²) in [5.41, 5.74) is 1.92. The Hall–Kier alpha value is -1.19. The largest absolute Gasteiger partial charge is 0.350 e. The molecule has 0 saturated heterocycles. The van der Waals surface area contributed by atoms with E-state index < -0.39 is 5.79 Å². The second-order valence-electron chi connectivity index (χ2n) is 4.53. The third-order valence-corrected chi connectivity index (χ3v) is 3.34. The molecule has 0 aromatic heterocycles. The lowest BCUT2D eigenvalue weighted by Crippen LogP contribution is -2.38. The average Bonchev–Trinajstić information content (AvgIpc) is 2.49. The standard InChI is InChI=1S/C15H20O3/c1-3-17-15(18-4-2)10-9-12-7-5-6-8-13(12)14(16)11-15/h5-8H,3-4,9-11H2,1-2H3. The minimum Gasteiger partial charge on any atom is -0.350 e. The lowest BCUT2D eigenvalue weighted by Gasteiger charge is -2.31. The highest BCUT2D eigenvalue weighted by molar-refractivity contribution is 5.98. The van der Waals surface area contributed by atoms with Crippen molar-refractivity contribution in [2.24, 2.45) is 0 Å². The van der Waals surface area contributed by atoms with Crippen LogP contribution in [0.5, 0.6) is 0 Å². The van der Waals surface area contributed by atoms with Gasteiger partial charge in [0.1, 0.15) is 0 Å². The second-order valence-corrected chi connectivity index (χ2v) is 4.53. The molecule has 2 rings (SSSR count). The van der Waals surface area contributed by atoms with Gasteiger partial charge in [-0.25, -0.2) is 0 Å². The Balaban J connectivity index is 2.28. The van der Waals surface area contributed by atoms with E-state index in [0.717, 1.165) is 24.0 Å². The summed E-state index contributed by atoms with van der Waals surface area (Å²) >= 11 is 0. The number of carbonyl (C=O) groups is 1. The zero-order valence-electron chi connectivity index (χ0n) is 11.1. The van der Waals surface area contributed by atoms with Gasteiger partial charge < -0.3 is 9.47 Å². The van der Waals surface area contributed by atoms with E-state index in [2.05, 4.69) is 0 Å². The van der Waals surface area contributed by atoms with Crippen molar-refractivity contribution in [2.75, 3.05) is 13.2 Å². The lowest BCUT2D eigenvalue weighted by molar-refractivity contribution is -0.232. The molecule has 0 heterocycles. The van der Waals surface area contributed by atoms with Gasteiger partial charge in [-0.3, -0.25) is 4.79 Å². The number of hydrogen-bond donors (Lipinski definition) is 0. The van der Waals surface area contributed by atoms with Crippen LogP contribution in [0.1, 0.15) is 42.6 Å². The Labute approximate surface area is 108 Å². The van der Waals surface area contributed by atoms with Crippen LogP contribution in [0.25, 0.3) is 0 Å². The monoisotopic (exact) mass is 248 g/mol. The van der Waals surface area contributed by atoms with Gasteiger partial charge in [0, 0.05) is 25.2 Å². The van der Waals surface area contributed by atoms with E-state index in [1.807, 2.05) is 38.1 Å². The van der Waals surface area contributed by atoms with Crippen LogP contribution < -0.4 is 0 Å². The molecule has 0 aliphatic heterocycles. The molecular formula is C15H20O3. The molecular weight excluding hydrogens is 228 g/mol. The molecule has 3 heteroatoms. The van der Waals surface area contributed by atoms with Gasteiger partial charge in [-0.15, -0.1) is 0 Å². The molecule has 18 heavy (non-hydrogen) atoms. The third kappa shape index (κ3) is 2.62. The molecule has 0 spiro atoms. The number of fused-ring (bicyclic) bond motifs is 1. The summed E-state index contributed by atoms with van der Waals surface area (Å²) in [5, 5.41) is 0. The second kappa shape index (κ2) is 5.63. The molecule has 0 saturated carbocycles. The Morgan fingerprint density at radius 1 is 1.17 bits per heavy atom. The van der Waals surface area contributed by atoms with Crippen molar-refractivity contribution >= 4 is 5.78 Å². The van der Waals surface area contributed by atoms with Crippen molar-refractivity contribution in [2.45, 2.75) is 38.9 Å². The first-order valence-corrected chi connectivity index (χ1v) is 6.60. The smallest absolute Gasteiger partial charge is 0.175 e. The number of hydrogen-bond acceptors (Lipinski definition) is 3. The third-order valence-electron chi connectivity index (χ3n) is 3.34. The highest BCUT2D eigenvalue weighted by Crippen LogP contribution is 2.31. The quantitative estimate of drug-likeness (QED) is 0.607. The molecule has 0 amide bonds. The predicted octanol–water partition coefficient (Wildman–Crippen LogP) is 2.97. The van der Waals surface area contributed by atoms with Gasteiger partial charge >= 0.3 is 0 Å². The number of ether oxygens (including phenoxy) is 2. The molecule has 0 bridgehead atoms.